The first-order valence-corrected chi connectivity index (χ1v) is 8.56. The summed E-state index contributed by atoms with van der Waals surface area (Å²) in [6.07, 6.45) is 4.20. The van der Waals surface area contributed by atoms with E-state index >= 15 is 0 Å². The summed E-state index contributed by atoms with van der Waals surface area (Å²) in [5.74, 6) is 1.04. The molecule has 0 aromatic heterocycles. The molecule has 0 aromatic rings. The van der Waals surface area contributed by atoms with Gasteiger partial charge in [-0.05, 0) is 25.2 Å². The molecule has 6 atom stereocenters. The largest absolute Gasteiger partial charge is 0.381 e. The van der Waals surface area contributed by atoms with Crippen molar-refractivity contribution < 1.29 is 23.7 Å². The second kappa shape index (κ2) is 7.39. The van der Waals surface area contributed by atoms with Gasteiger partial charge in [-0.15, -0.1) is 0 Å². The Balaban J connectivity index is 1.51. The van der Waals surface area contributed by atoms with Crippen LogP contribution >= 0.6 is 0 Å². The number of hydrogen-bond acceptors (Lipinski definition) is 5. The maximum atomic E-state index is 12.2. The fraction of sp³-hybridized carbons (Fsp3) is 0.941. The van der Waals surface area contributed by atoms with Gasteiger partial charge < -0.3 is 18.9 Å². The average Bonchev–Trinajstić information content (AvgIpc) is 3.00. The molecule has 3 aliphatic rings. The number of ether oxygens (including phenoxy) is 4. The van der Waals surface area contributed by atoms with Crippen LogP contribution < -0.4 is 0 Å². The fourth-order valence-electron chi connectivity index (χ4n) is 3.97. The Bertz CT molecular complexity index is 379. The van der Waals surface area contributed by atoms with Crippen LogP contribution in [0, 0.1) is 11.8 Å². The second-order valence-electron chi connectivity index (χ2n) is 7.03. The lowest BCUT2D eigenvalue weighted by atomic mass is 9.87. The van der Waals surface area contributed by atoms with Crippen LogP contribution in [0.15, 0.2) is 0 Å². The van der Waals surface area contributed by atoms with Crippen molar-refractivity contribution >= 4 is 5.78 Å². The first-order chi connectivity index (χ1) is 10.7. The fourth-order valence-corrected chi connectivity index (χ4v) is 3.97. The quantitative estimate of drug-likeness (QED) is 0.777. The molecule has 3 aliphatic heterocycles. The van der Waals surface area contributed by atoms with Gasteiger partial charge in [0.15, 0.2) is 0 Å². The molecule has 0 spiro atoms. The molecule has 3 fully saturated rings. The van der Waals surface area contributed by atoms with Gasteiger partial charge in [0.25, 0.3) is 0 Å². The van der Waals surface area contributed by atoms with Crippen LogP contribution in [-0.4, -0.2) is 57.1 Å². The summed E-state index contributed by atoms with van der Waals surface area (Å²) in [5.41, 5.74) is 0. The van der Waals surface area contributed by atoms with E-state index in [4.69, 9.17) is 18.9 Å². The van der Waals surface area contributed by atoms with E-state index in [9.17, 15) is 4.79 Å². The van der Waals surface area contributed by atoms with Gasteiger partial charge in [-0.1, -0.05) is 6.92 Å². The van der Waals surface area contributed by atoms with Crippen molar-refractivity contribution in [3.8, 4) is 0 Å². The molecule has 5 heteroatoms. The van der Waals surface area contributed by atoms with Crippen molar-refractivity contribution in [3.05, 3.63) is 0 Å². The molecule has 0 amide bonds. The predicted octanol–water partition coefficient (Wildman–Crippen LogP) is 1.97. The minimum Gasteiger partial charge on any atom is -0.381 e. The Morgan fingerprint density at radius 3 is 2.77 bits per heavy atom. The monoisotopic (exact) mass is 312 g/mol. The van der Waals surface area contributed by atoms with Gasteiger partial charge in [-0.2, -0.15) is 0 Å². The van der Waals surface area contributed by atoms with Gasteiger partial charge in [-0.25, -0.2) is 0 Å². The van der Waals surface area contributed by atoms with E-state index in [0.29, 0.717) is 30.5 Å². The molecule has 0 radical (unpaired) electrons. The summed E-state index contributed by atoms with van der Waals surface area (Å²) in [4.78, 5) is 12.2. The summed E-state index contributed by atoms with van der Waals surface area (Å²) in [7, 11) is 1.74. The van der Waals surface area contributed by atoms with Gasteiger partial charge in [0.1, 0.15) is 11.9 Å². The third-order valence-corrected chi connectivity index (χ3v) is 5.21. The summed E-state index contributed by atoms with van der Waals surface area (Å²) in [6.45, 7) is 4.39. The van der Waals surface area contributed by atoms with E-state index in [2.05, 4.69) is 6.92 Å². The Kier molecular flexibility index (Phi) is 5.50. The lowest BCUT2D eigenvalue weighted by Gasteiger charge is -2.45. The highest BCUT2D eigenvalue weighted by molar-refractivity contribution is 5.79. The van der Waals surface area contributed by atoms with Gasteiger partial charge in [0.2, 0.25) is 0 Å². The van der Waals surface area contributed by atoms with Crippen LogP contribution in [0.5, 0.6) is 0 Å². The molecule has 0 bridgehead atoms. The van der Waals surface area contributed by atoms with Crippen LogP contribution in [0.4, 0.5) is 0 Å². The molecular weight excluding hydrogens is 284 g/mol. The third kappa shape index (κ3) is 3.70. The Labute approximate surface area is 132 Å². The number of Topliss-reactive ketones (excluding diaryl/α,β-unsaturated/α-hetero) is 1. The molecule has 0 aliphatic carbocycles. The van der Waals surface area contributed by atoms with E-state index in [1.807, 2.05) is 0 Å². The smallest absolute Gasteiger partial charge is 0.135 e. The summed E-state index contributed by atoms with van der Waals surface area (Å²) < 4.78 is 23.0. The van der Waals surface area contributed by atoms with E-state index in [-0.39, 0.29) is 24.4 Å². The van der Waals surface area contributed by atoms with Crippen LogP contribution in [0.25, 0.3) is 0 Å². The zero-order chi connectivity index (χ0) is 15.5. The third-order valence-electron chi connectivity index (χ3n) is 5.21. The van der Waals surface area contributed by atoms with Crippen molar-refractivity contribution in [3.63, 3.8) is 0 Å². The van der Waals surface area contributed by atoms with Gasteiger partial charge in [0.05, 0.1) is 24.9 Å². The first-order valence-electron chi connectivity index (χ1n) is 8.56. The molecule has 5 nitrogen and oxygen atoms in total. The standard InChI is InChI=1S/C17H28O5/c1-11-9-21-15-4-3-14(22-17(15)16(11)19-2)8-13(18)7-12-5-6-20-10-12/h11-12,14-17H,3-10H2,1-2H3/t11?,12-,14?,15-,16?,17?/m0/s1. The van der Waals surface area contributed by atoms with E-state index in [0.717, 1.165) is 39.1 Å². The number of methoxy groups -OCH3 is 1. The van der Waals surface area contributed by atoms with E-state index in [1.54, 1.807) is 7.11 Å². The molecule has 0 aromatic carbocycles. The van der Waals surface area contributed by atoms with Crippen molar-refractivity contribution in [1.29, 1.82) is 0 Å². The van der Waals surface area contributed by atoms with Crippen molar-refractivity contribution in [2.75, 3.05) is 26.9 Å². The van der Waals surface area contributed by atoms with Gasteiger partial charge in [-0.3, -0.25) is 4.79 Å². The van der Waals surface area contributed by atoms with Crippen LogP contribution in [-0.2, 0) is 23.7 Å². The molecule has 4 unspecified atom stereocenters. The van der Waals surface area contributed by atoms with Crippen molar-refractivity contribution in [1.82, 2.24) is 0 Å². The lowest BCUT2D eigenvalue weighted by molar-refractivity contribution is -0.228. The highest BCUT2D eigenvalue weighted by Gasteiger charge is 2.43. The van der Waals surface area contributed by atoms with Crippen molar-refractivity contribution in [2.24, 2.45) is 11.8 Å². The SMILES string of the molecule is COC1C(C)CO[C@H]2CCC(CC(=O)C[C@@H]3CCOC3)OC12. The van der Waals surface area contributed by atoms with Crippen LogP contribution in [0.1, 0.15) is 39.0 Å². The minimum atomic E-state index is -0.0323. The molecule has 3 saturated heterocycles. The minimum absolute atomic E-state index is 0.0163. The Hall–Kier alpha value is -0.490. The highest BCUT2D eigenvalue weighted by Crippen LogP contribution is 2.34. The summed E-state index contributed by atoms with van der Waals surface area (Å²) >= 11 is 0. The van der Waals surface area contributed by atoms with Gasteiger partial charge >= 0.3 is 0 Å². The van der Waals surface area contributed by atoms with Crippen molar-refractivity contribution in [2.45, 2.75) is 63.4 Å². The number of hydrogen-bond donors (Lipinski definition) is 0. The predicted molar refractivity (Wildman–Crippen MR) is 80.8 cm³/mol. The Morgan fingerprint density at radius 1 is 1.18 bits per heavy atom. The molecule has 0 N–H and O–H groups in total. The number of fused-ring (bicyclic) bond motifs is 1. The topological polar surface area (TPSA) is 54.0 Å². The Morgan fingerprint density at radius 2 is 2.05 bits per heavy atom. The second-order valence-corrected chi connectivity index (χ2v) is 7.03. The molecule has 3 rings (SSSR count). The van der Waals surface area contributed by atoms with Gasteiger partial charge in [0, 0.05) is 39.1 Å². The van der Waals surface area contributed by atoms with Crippen LogP contribution in [0.2, 0.25) is 0 Å². The molecule has 126 valence electrons. The van der Waals surface area contributed by atoms with Crippen LogP contribution in [0.3, 0.4) is 0 Å². The number of rotatable bonds is 5. The average molecular weight is 312 g/mol. The normalized spacial score (nSPS) is 42.1. The lowest BCUT2D eigenvalue weighted by Crippen LogP contribution is -2.55. The molecule has 22 heavy (non-hydrogen) atoms. The molecule has 0 saturated carbocycles. The van der Waals surface area contributed by atoms with E-state index in [1.165, 1.54) is 0 Å². The molecular formula is C17H28O5. The maximum absolute atomic E-state index is 12.2. The zero-order valence-corrected chi connectivity index (χ0v) is 13.7. The van der Waals surface area contributed by atoms with E-state index < -0.39 is 0 Å². The summed E-state index contributed by atoms with van der Waals surface area (Å²) in [6, 6.07) is 0. The highest BCUT2D eigenvalue weighted by atomic mass is 16.6. The number of carbonyl (C=O) groups is 1. The molecule has 3 heterocycles. The summed E-state index contributed by atoms with van der Waals surface area (Å²) in [5, 5.41) is 0. The maximum Gasteiger partial charge on any atom is 0.135 e. The number of ketones is 1. The number of carbonyl (C=O) groups excluding carboxylic acids is 1. The first kappa shape index (κ1) is 16.4. The zero-order valence-electron chi connectivity index (χ0n) is 13.7.